The van der Waals surface area contributed by atoms with Crippen molar-refractivity contribution in [2.75, 3.05) is 26.4 Å². The number of allylic oxidation sites excluding steroid dienone is 10. The molecule has 0 aromatic rings. The lowest BCUT2D eigenvalue weighted by molar-refractivity contribution is -0.301. The van der Waals surface area contributed by atoms with Gasteiger partial charge < -0.3 is 34.3 Å². The maximum Gasteiger partial charge on any atom is 0.397 e. The topological polar surface area (TPSA) is 178 Å². The van der Waals surface area contributed by atoms with E-state index in [1.165, 1.54) is 96.3 Å². The molecule has 4 N–H and O–H groups in total. The molecule has 378 valence electrons. The van der Waals surface area contributed by atoms with Gasteiger partial charge in [0.05, 0.1) is 19.8 Å². The van der Waals surface area contributed by atoms with Crippen LogP contribution in [0.3, 0.4) is 0 Å². The predicted octanol–water partition coefficient (Wildman–Crippen LogP) is 11.7. The number of hydrogen-bond acceptors (Lipinski definition) is 11. The Morgan fingerprint density at radius 3 is 1.55 bits per heavy atom. The van der Waals surface area contributed by atoms with Gasteiger partial charge in [-0.25, -0.2) is 4.18 Å². The van der Waals surface area contributed by atoms with Crippen LogP contribution in [0.25, 0.3) is 0 Å². The van der Waals surface area contributed by atoms with Crippen LogP contribution in [-0.4, -0.2) is 97.5 Å². The molecule has 1 fully saturated rings. The molecule has 1 heterocycles. The minimum atomic E-state index is -5.06. The second-order valence-corrected chi connectivity index (χ2v) is 18.4. The van der Waals surface area contributed by atoms with Crippen molar-refractivity contribution in [2.45, 2.75) is 237 Å². The SMILES string of the molecule is CC/C=C\C/C=C\C/C=C\C/C=C\C/C=C\CCCCCCCCCCCC(=O)OC(COCCCCCCCCCCCCCCC)COC1OC(CO)C(O)C(OS(=O)(=O)O)C1O. The fourth-order valence-electron chi connectivity index (χ4n) is 7.58. The van der Waals surface area contributed by atoms with Crippen molar-refractivity contribution >= 4 is 16.4 Å². The molecule has 1 rings (SSSR count). The van der Waals surface area contributed by atoms with E-state index in [4.69, 9.17) is 18.9 Å². The summed E-state index contributed by atoms with van der Waals surface area (Å²) in [5.74, 6) is -0.406. The van der Waals surface area contributed by atoms with Gasteiger partial charge in [-0.05, 0) is 57.8 Å². The Kier molecular flexibility index (Phi) is 40.3. The summed E-state index contributed by atoms with van der Waals surface area (Å²) < 4.78 is 59.2. The van der Waals surface area contributed by atoms with Gasteiger partial charge in [0.1, 0.15) is 30.5 Å². The van der Waals surface area contributed by atoms with Crippen LogP contribution >= 0.6 is 0 Å². The van der Waals surface area contributed by atoms with Gasteiger partial charge in [-0.2, -0.15) is 8.42 Å². The Morgan fingerprint density at radius 1 is 0.600 bits per heavy atom. The van der Waals surface area contributed by atoms with Gasteiger partial charge in [0.2, 0.25) is 0 Å². The van der Waals surface area contributed by atoms with Crippen molar-refractivity contribution in [1.82, 2.24) is 0 Å². The van der Waals surface area contributed by atoms with Crippen molar-refractivity contribution in [3.05, 3.63) is 60.8 Å². The second kappa shape index (κ2) is 43.1. The molecule has 1 aliphatic rings. The van der Waals surface area contributed by atoms with Crippen molar-refractivity contribution in [3.8, 4) is 0 Å². The molecule has 6 atom stereocenters. The molecule has 0 aromatic heterocycles. The number of rotatable bonds is 44. The van der Waals surface area contributed by atoms with Gasteiger partial charge in [-0.3, -0.25) is 9.35 Å². The van der Waals surface area contributed by atoms with Crippen molar-refractivity contribution < 1.29 is 56.2 Å². The summed E-state index contributed by atoms with van der Waals surface area (Å²) >= 11 is 0. The number of carbonyl (C=O) groups excluding carboxylic acids is 1. The Hall–Kier alpha value is -2.20. The van der Waals surface area contributed by atoms with Gasteiger partial charge in [-0.15, -0.1) is 0 Å². The number of ether oxygens (including phenoxy) is 4. The highest BCUT2D eigenvalue weighted by molar-refractivity contribution is 7.80. The minimum absolute atomic E-state index is 0.0339. The van der Waals surface area contributed by atoms with E-state index in [1.54, 1.807) is 0 Å². The standard InChI is InChI=1S/C52H92O12S/c1-3-5-7-9-11-13-15-17-18-19-20-21-22-23-24-25-26-27-28-29-31-33-35-37-39-41-48(54)62-46(44-60-42-40-38-36-34-32-30-16-14-12-10-8-6-4-2)45-61-52-50(56)51(64-65(57,58)59)49(55)47(43-53)63-52/h5,7,11,13,17-18,20-21,23-24,46-47,49-53,55-56H,3-4,6,8-10,12,14-16,19,22,25-45H2,1-2H3,(H,57,58,59)/b7-5-,13-11-,18-17-,21-20-,24-23-. The maximum absolute atomic E-state index is 12.9. The average molecular weight is 941 g/mol. The molecule has 6 unspecified atom stereocenters. The monoisotopic (exact) mass is 941 g/mol. The smallest absolute Gasteiger partial charge is 0.397 e. The fourth-order valence-corrected chi connectivity index (χ4v) is 8.09. The van der Waals surface area contributed by atoms with Gasteiger partial charge in [0, 0.05) is 13.0 Å². The number of aliphatic hydroxyl groups excluding tert-OH is 3. The van der Waals surface area contributed by atoms with Crippen LogP contribution in [0.4, 0.5) is 0 Å². The zero-order chi connectivity index (χ0) is 47.5. The van der Waals surface area contributed by atoms with E-state index in [1.807, 2.05) is 0 Å². The first-order chi connectivity index (χ1) is 31.6. The van der Waals surface area contributed by atoms with Crippen LogP contribution in [0.1, 0.15) is 200 Å². The lowest BCUT2D eigenvalue weighted by Gasteiger charge is -2.41. The minimum Gasteiger partial charge on any atom is -0.457 e. The van der Waals surface area contributed by atoms with E-state index in [-0.39, 0.29) is 19.6 Å². The summed E-state index contributed by atoms with van der Waals surface area (Å²) in [7, 11) is -5.06. The molecule has 0 aromatic carbocycles. The first-order valence-electron chi connectivity index (χ1n) is 25.5. The lowest BCUT2D eigenvalue weighted by atomic mass is 9.99. The highest BCUT2D eigenvalue weighted by atomic mass is 32.3. The van der Waals surface area contributed by atoms with Crippen LogP contribution in [0, 0.1) is 0 Å². The molecule has 65 heavy (non-hydrogen) atoms. The molecule has 1 aliphatic heterocycles. The zero-order valence-electron chi connectivity index (χ0n) is 40.5. The van der Waals surface area contributed by atoms with Crippen molar-refractivity contribution in [3.63, 3.8) is 0 Å². The summed E-state index contributed by atoms with van der Waals surface area (Å²) in [5.41, 5.74) is 0. The molecule has 0 spiro atoms. The molecular weight excluding hydrogens is 849 g/mol. The summed E-state index contributed by atoms with van der Waals surface area (Å²) in [6, 6.07) is 0. The number of carbonyl (C=O) groups is 1. The van der Waals surface area contributed by atoms with E-state index in [9.17, 15) is 33.1 Å². The Balaban J connectivity index is 2.33. The van der Waals surface area contributed by atoms with E-state index in [0.717, 1.165) is 77.0 Å². The van der Waals surface area contributed by atoms with Gasteiger partial charge >= 0.3 is 16.4 Å². The highest BCUT2D eigenvalue weighted by Gasteiger charge is 2.48. The van der Waals surface area contributed by atoms with E-state index in [0.29, 0.717) is 13.0 Å². The Labute approximate surface area is 395 Å². The largest absolute Gasteiger partial charge is 0.457 e. The molecular formula is C52H92O12S. The van der Waals surface area contributed by atoms with Gasteiger partial charge in [-0.1, -0.05) is 197 Å². The predicted molar refractivity (Wildman–Crippen MR) is 262 cm³/mol. The highest BCUT2D eigenvalue weighted by Crippen LogP contribution is 2.26. The van der Waals surface area contributed by atoms with Crippen LogP contribution in [0.15, 0.2) is 60.8 Å². The number of aliphatic hydroxyl groups is 3. The van der Waals surface area contributed by atoms with Crippen LogP contribution in [0.5, 0.6) is 0 Å². The third kappa shape index (κ3) is 36.5. The second-order valence-electron chi connectivity index (χ2n) is 17.4. The van der Waals surface area contributed by atoms with Crippen LogP contribution in [-0.2, 0) is 38.3 Å². The number of unbranched alkanes of at least 4 members (excludes halogenated alkanes) is 21. The first-order valence-corrected chi connectivity index (χ1v) is 26.9. The third-order valence-corrected chi connectivity index (χ3v) is 11.9. The molecule has 0 amide bonds. The summed E-state index contributed by atoms with van der Waals surface area (Å²) in [4.78, 5) is 12.9. The fraction of sp³-hybridized carbons (Fsp3) is 0.788. The van der Waals surface area contributed by atoms with Crippen molar-refractivity contribution in [1.29, 1.82) is 0 Å². The third-order valence-electron chi connectivity index (χ3n) is 11.4. The molecule has 13 heteroatoms. The molecule has 0 radical (unpaired) electrons. The average Bonchev–Trinajstić information content (AvgIpc) is 3.28. The summed E-state index contributed by atoms with van der Waals surface area (Å²) in [6.45, 7) is 3.88. The summed E-state index contributed by atoms with van der Waals surface area (Å²) in [5, 5.41) is 30.7. The maximum atomic E-state index is 12.9. The molecule has 0 bridgehead atoms. The van der Waals surface area contributed by atoms with Crippen LogP contribution < -0.4 is 0 Å². The van der Waals surface area contributed by atoms with Gasteiger partial charge in [0.25, 0.3) is 0 Å². The molecule has 0 saturated carbocycles. The first kappa shape index (κ1) is 60.8. The van der Waals surface area contributed by atoms with Crippen LogP contribution in [0.2, 0.25) is 0 Å². The lowest BCUT2D eigenvalue weighted by Crippen LogP contribution is -2.60. The molecule has 1 saturated heterocycles. The van der Waals surface area contributed by atoms with E-state index >= 15 is 0 Å². The van der Waals surface area contributed by atoms with Gasteiger partial charge in [0.15, 0.2) is 6.29 Å². The quantitative estimate of drug-likeness (QED) is 0.0197. The van der Waals surface area contributed by atoms with E-state index < -0.39 is 59.8 Å². The van der Waals surface area contributed by atoms with E-state index in [2.05, 4.69) is 78.8 Å². The Bertz CT molecular complexity index is 1360. The van der Waals surface area contributed by atoms with Crippen molar-refractivity contribution in [2.24, 2.45) is 0 Å². The Morgan fingerprint density at radius 2 is 1.06 bits per heavy atom. The molecule has 0 aliphatic carbocycles. The molecule has 12 nitrogen and oxygen atoms in total. The normalized spacial score (nSPS) is 20.1. The summed E-state index contributed by atoms with van der Waals surface area (Å²) in [6.07, 6.45) is 45.3. The number of hydrogen-bond donors (Lipinski definition) is 4. The zero-order valence-corrected chi connectivity index (χ0v) is 41.4. The number of esters is 1.